The van der Waals surface area contributed by atoms with Gasteiger partial charge in [0.25, 0.3) is 0 Å². The number of anilines is 9. The molecule has 0 spiro atoms. The number of para-hydroxylation sites is 4. The molecule has 0 bridgehead atoms. The number of hydrogen-bond acceptors (Lipinski definition) is 4. The third kappa shape index (κ3) is 5.27. The molecule has 0 atom stereocenters. The summed E-state index contributed by atoms with van der Waals surface area (Å²) >= 11 is 0. The molecule has 2 aliphatic heterocycles. The lowest BCUT2D eigenvalue weighted by Gasteiger charge is -2.40. The summed E-state index contributed by atoms with van der Waals surface area (Å²) in [6, 6.07) is 81.0. The highest BCUT2D eigenvalue weighted by molar-refractivity contribution is 6.26. The monoisotopic (exact) mass is 791 g/mol. The lowest BCUT2D eigenvalue weighted by atomic mass is 9.93. The van der Waals surface area contributed by atoms with E-state index in [0.29, 0.717) is 0 Å². The fourth-order valence-electron chi connectivity index (χ4n) is 9.87. The van der Waals surface area contributed by atoms with Gasteiger partial charge in [-0.3, -0.25) is 0 Å². The number of benzene rings is 11. The van der Waals surface area contributed by atoms with Crippen LogP contribution in [0.5, 0.6) is 11.5 Å². The second-order valence-electron chi connectivity index (χ2n) is 16.1. The maximum atomic E-state index is 6.85. The van der Waals surface area contributed by atoms with Crippen molar-refractivity contribution in [1.82, 2.24) is 0 Å². The van der Waals surface area contributed by atoms with E-state index in [1.165, 1.54) is 32.3 Å². The molecule has 11 aromatic rings. The van der Waals surface area contributed by atoms with Gasteiger partial charge in [0.15, 0.2) is 11.5 Å². The minimum absolute atomic E-state index is 0.813. The minimum Gasteiger partial charge on any atom is -0.453 e. The van der Waals surface area contributed by atoms with Gasteiger partial charge in [-0.15, -0.1) is 0 Å². The van der Waals surface area contributed by atoms with Gasteiger partial charge < -0.3 is 19.4 Å². The van der Waals surface area contributed by atoms with Crippen molar-refractivity contribution in [2.24, 2.45) is 0 Å². The van der Waals surface area contributed by atoms with Gasteiger partial charge in [0.2, 0.25) is 0 Å². The van der Waals surface area contributed by atoms with Crippen LogP contribution in [0.2, 0.25) is 0 Å². The average Bonchev–Trinajstić information content (AvgIpc) is 3.34. The Kier molecular flexibility index (Phi) is 7.57. The molecule has 2 aliphatic rings. The lowest BCUT2D eigenvalue weighted by molar-refractivity contribution is 0.478. The normalized spacial score (nSPS) is 12.9. The maximum absolute atomic E-state index is 6.85. The van der Waals surface area contributed by atoms with Crippen LogP contribution in [0, 0.1) is 0 Å². The van der Waals surface area contributed by atoms with Crippen LogP contribution in [0.4, 0.5) is 51.2 Å². The minimum atomic E-state index is 0.813. The zero-order chi connectivity index (χ0) is 40.7. The third-order valence-corrected chi connectivity index (χ3v) is 12.7. The SMILES string of the molecule is c1ccc(N2c3ccccc3N(c3ccccc3)c3cc(-c4ccc5c(c4)N(c4ccc6c7ccccc7c7ccccc7c6c4)c4cc6ccccc6cc4O5)ccc32)cc1. The molecule has 0 fully saturated rings. The molecule has 11 aromatic carbocycles. The zero-order valence-corrected chi connectivity index (χ0v) is 33.6. The molecule has 62 heavy (non-hydrogen) atoms. The first-order chi connectivity index (χ1) is 30.7. The highest BCUT2D eigenvalue weighted by Gasteiger charge is 2.32. The molecule has 0 amide bonds. The van der Waals surface area contributed by atoms with Crippen molar-refractivity contribution in [2.75, 3.05) is 14.7 Å². The smallest absolute Gasteiger partial charge is 0.152 e. The fraction of sp³-hybridized carbons (Fsp3) is 0. The van der Waals surface area contributed by atoms with Crippen LogP contribution in [0.25, 0.3) is 54.2 Å². The van der Waals surface area contributed by atoms with Crippen LogP contribution in [-0.4, -0.2) is 0 Å². The van der Waals surface area contributed by atoms with Gasteiger partial charge in [0, 0.05) is 17.1 Å². The molecule has 0 N–H and O–H groups in total. The largest absolute Gasteiger partial charge is 0.453 e. The highest BCUT2D eigenvalue weighted by atomic mass is 16.5. The zero-order valence-electron chi connectivity index (χ0n) is 33.6. The Morgan fingerprint density at radius 2 is 0.694 bits per heavy atom. The molecule has 4 heteroatoms. The van der Waals surface area contributed by atoms with E-state index in [2.05, 4.69) is 239 Å². The number of rotatable bonds is 4. The van der Waals surface area contributed by atoms with E-state index in [4.69, 9.17) is 4.74 Å². The molecule has 0 saturated carbocycles. The van der Waals surface area contributed by atoms with Crippen LogP contribution in [0.1, 0.15) is 0 Å². The van der Waals surface area contributed by atoms with Crippen molar-refractivity contribution >= 4 is 94.3 Å². The fourth-order valence-corrected chi connectivity index (χ4v) is 9.87. The summed E-state index contributed by atoms with van der Waals surface area (Å²) in [7, 11) is 0. The molecule has 2 heterocycles. The van der Waals surface area contributed by atoms with Crippen molar-refractivity contribution in [3.8, 4) is 22.6 Å². The molecular formula is C58H37N3O. The summed E-state index contributed by atoms with van der Waals surface area (Å²) < 4.78 is 6.85. The topological polar surface area (TPSA) is 19.0 Å². The summed E-state index contributed by atoms with van der Waals surface area (Å²) in [5.41, 5.74) is 12.0. The highest BCUT2D eigenvalue weighted by Crippen LogP contribution is 2.56. The van der Waals surface area contributed by atoms with E-state index >= 15 is 0 Å². The van der Waals surface area contributed by atoms with E-state index in [0.717, 1.165) is 84.6 Å². The Bertz CT molecular complexity index is 3550. The van der Waals surface area contributed by atoms with Gasteiger partial charge in [0.05, 0.1) is 34.1 Å². The molecule has 4 nitrogen and oxygen atoms in total. The summed E-state index contributed by atoms with van der Waals surface area (Å²) in [4.78, 5) is 7.17. The number of ether oxygens (including phenoxy) is 1. The van der Waals surface area contributed by atoms with Gasteiger partial charge in [-0.2, -0.15) is 0 Å². The molecule has 13 rings (SSSR count). The quantitative estimate of drug-likeness (QED) is 0.165. The Hall–Kier alpha value is -8.34. The van der Waals surface area contributed by atoms with Crippen molar-refractivity contribution < 1.29 is 4.74 Å². The van der Waals surface area contributed by atoms with E-state index in [1.807, 2.05) is 0 Å². The van der Waals surface area contributed by atoms with Crippen molar-refractivity contribution in [2.45, 2.75) is 0 Å². The van der Waals surface area contributed by atoms with Crippen molar-refractivity contribution in [3.63, 3.8) is 0 Å². The first-order valence-electron chi connectivity index (χ1n) is 21.2. The first-order valence-corrected chi connectivity index (χ1v) is 21.2. The first kappa shape index (κ1) is 34.5. The second kappa shape index (κ2) is 13.6. The van der Waals surface area contributed by atoms with Crippen LogP contribution >= 0.6 is 0 Å². The molecule has 0 saturated heterocycles. The van der Waals surface area contributed by atoms with Crippen LogP contribution in [-0.2, 0) is 0 Å². The van der Waals surface area contributed by atoms with Gasteiger partial charge in [-0.1, -0.05) is 140 Å². The molecular weight excluding hydrogens is 755 g/mol. The number of hydrogen-bond donors (Lipinski definition) is 0. The van der Waals surface area contributed by atoms with Gasteiger partial charge >= 0.3 is 0 Å². The molecule has 0 aromatic heterocycles. The predicted octanol–water partition coefficient (Wildman–Crippen LogP) is 16.8. The Morgan fingerprint density at radius 3 is 1.34 bits per heavy atom. The standard InChI is InChI=1S/C58H37N3O/c1-3-17-42(18-4-1)59-51-25-13-14-26-52(51)60(43-19-5-2-6-20-43)54-33-40(27-31-53(54)59)41-28-32-57-55(35-41)61(56-34-38-15-7-8-16-39(38)36-58(56)62-57)44-29-30-49-47-23-10-9-21-45(47)46-22-11-12-24-48(46)50(49)37-44/h1-37H. The average molecular weight is 792 g/mol. The van der Waals surface area contributed by atoms with E-state index in [1.54, 1.807) is 0 Å². The van der Waals surface area contributed by atoms with E-state index in [-0.39, 0.29) is 0 Å². The van der Waals surface area contributed by atoms with Gasteiger partial charge in [-0.05, 0) is 139 Å². The second-order valence-corrected chi connectivity index (χ2v) is 16.1. The van der Waals surface area contributed by atoms with E-state index in [9.17, 15) is 0 Å². The number of nitrogens with zero attached hydrogens (tertiary/aromatic N) is 3. The summed E-state index contributed by atoms with van der Waals surface area (Å²) in [5, 5.41) is 9.80. The summed E-state index contributed by atoms with van der Waals surface area (Å²) in [5.74, 6) is 1.65. The Morgan fingerprint density at radius 1 is 0.242 bits per heavy atom. The summed E-state index contributed by atoms with van der Waals surface area (Å²) in [6.45, 7) is 0. The predicted molar refractivity (Wildman–Crippen MR) is 260 cm³/mol. The number of fused-ring (bicyclic) bond motifs is 11. The van der Waals surface area contributed by atoms with Crippen molar-refractivity contribution in [1.29, 1.82) is 0 Å². The Balaban J connectivity index is 1.02. The van der Waals surface area contributed by atoms with Crippen LogP contribution in [0.15, 0.2) is 224 Å². The third-order valence-electron chi connectivity index (χ3n) is 12.7. The molecule has 0 aliphatic carbocycles. The molecule has 0 unspecified atom stereocenters. The van der Waals surface area contributed by atoms with E-state index < -0.39 is 0 Å². The van der Waals surface area contributed by atoms with Crippen molar-refractivity contribution in [3.05, 3.63) is 224 Å². The lowest BCUT2D eigenvalue weighted by Crippen LogP contribution is -2.24. The van der Waals surface area contributed by atoms with Crippen LogP contribution in [0.3, 0.4) is 0 Å². The molecule has 290 valence electrons. The molecule has 0 radical (unpaired) electrons. The van der Waals surface area contributed by atoms with Gasteiger partial charge in [-0.25, -0.2) is 0 Å². The van der Waals surface area contributed by atoms with Crippen LogP contribution < -0.4 is 19.4 Å². The van der Waals surface area contributed by atoms with Gasteiger partial charge in [0.1, 0.15) is 0 Å². The summed E-state index contributed by atoms with van der Waals surface area (Å²) in [6.07, 6.45) is 0. The maximum Gasteiger partial charge on any atom is 0.152 e. The Labute approximate surface area is 359 Å².